The quantitative estimate of drug-likeness (QED) is 0.614. The van der Waals surface area contributed by atoms with Gasteiger partial charge in [0.15, 0.2) is 0 Å². The van der Waals surface area contributed by atoms with Crippen LogP contribution in [0.5, 0.6) is 0 Å². The summed E-state index contributed by atoms with van der Waals surface area (Å²) in [4.78, 5) is 0. The lowest BCUT2D eigenvalue weighted by atomic mass is 10.3. The summed E-state index contributed by atoms with van der Waals surface area (Å²) in [5.41, 5.74) is 0.959. The third-order valence-corrected chi connectivity index (χ3v) is 4.31. The summed E-state index contributed by atoms with van der Waals surface area (Å²) in [5, 5.41) is 12.0. The van der Waals surface area contributed by atoms with Gasteiger partial charge in [-0.3, -0.25) is 5.32 Å². The number of thiophene rings is 1. The first kappa shape index (κ1) is 8.95. The van der Waals surface area contributed by atoms with Gasteiger partial charge in [-0.05, 0) is 6.07 Å². The molecule has 0 radical (unpaired) electrons. The van der Waals surface area contributed by atoms with Gasteiger partial charge in [0.1, 0.15) is 4.21 Å². The van der Waals surface area contributed by atoms with Gasteiger partial charge < -0.3 is 5.32 Å². The van der Waals surface area contributed by atoms with Crippen LogP contribution >= 0.6 is 11.3 Å². The van der Waals surface area contributed by atoms with Gasteiger partial charge in [0.05, 0.1) is 11.7 Å². The Kier molecular flexibility index (Phi) is 2.03. The van der Waals surface area contributed by atoms with E-state index in [0.29, 0.717) is 13.2 Å². The molecule has 2 rings (SSSR count). The van der Waals surface area contributed by atoms with E-state index >= 15 is 0 Å². The molecule has 0 spiro atoms. The van der Waals surface area contributed by atoms with Crippen LogP contribution in [0.4, 0.5) is 5.00 Å². The predicted octanol–water partition coefficient (Wildman–Crippen LogP) is -0.132. The molecule has 0 saturated carbocycles. The predicted molar refractivity (Wildman–Crippen MR) is 51.0 cm³/mol. The van der Waals surface area contributed by atoms with E-state index in [4.69, 9.17) is 5.14 Å². The van der Waals surface area contributed by atoms with Gasteiger partial charge >= 0.3 is 0 Å². The Hall–Kier alpha value is -0.630. The summed E-state index contributed by atoms with van der Waals surface area (Å²) < 4.78 is 22.2. The first-order valence-electron chi connectivity index (χ1n) is 3.67. The molecule has 1 aromatic heterocycles. The third kappa shape index (κ3) is 1.68. The summed E-state index contributed by atoms with van der Waals surface area (Å²) in [6.07, 6.45) is 0. The van der Waals surface area contributed by atoms with Crippen LogP contribution in [0.25, 0.3) is 0 Å². The number of primary sulfonamides is 1. The molecule has 0 unspecified atom stereocenters. The molecule has 7 heteroatoms. The van der Waals surface area contributed by atoms with Gasteiger partial charge in [-0.25, -0.2) is 13.6 Å². The Labute approximate surface area is 80.0 Å². The first-order chi connectivity index (χ1) is 6.07. The van der Waals surface area contributed by atoms with Crippen molar-refractivity contribution in [1.29, 1.82) is 0 Å². The minimum atomic E-state index is -3.55. The van der Waals surface area contributed by atoms with Crippen molar-refractivity contribution in [1.82, 2.24) is 5.32 Å². The summed E-state index contributed by atoms with van der Waals surface area (Å²) in [6.45, 7) is 1.35. The maximum Gasteiger partial charge on any atom is 0.247 e. The minimum absolute atomic E-state index is 0.216. The van der Waals surface area contributed by atoms with Gasteiger partial charge in [0.2, 0.25) is 10.0 Å². The monoisotopic (exact) mass is 219 g/mol. The molecule has 4 N–H and O–H groups in total. The highest BCUT2D eigenvalue weighted by molar-refractivity contribution is 7.91. The molecule has 0 atom stereocenters. The van der Waals surface area contributed by atoms with E-state index in [1.165, 1.54) is 11.3 Å². The van der Waals surface area contributed by atoms with Crippen molar-refractivity contribution < 1.29 is 8.42 Å². The Morgan fingerprint density at radius 2 is 2.31 bits per heavy atom. The third-order valence-electron chi connectivity index (χ3n) is 1.76. The second-order valence-corrected chi connectivity index (χ2v) is 5.59. The van der Waals surface area contributed by atoms with Crippen LogP contribution in [0, 0.1) is 0 Å². The summed E-state index contributed by atoms with van der Waals surface area (Å²) in [6, 6.07) is 1.61. The molecule has 0 aromatic carbocycles. The fraction of sp³-hybridized carbons (Fsp3) is 0.333. The van der Waals surface area contributed by atoms with E-state index in [-0.39, 0.29) is 4.21 Å². The molecule has 0 bridgehead atoms. The normalized spacial score (nSPS) is 16.4. The fourth-order valence-electron chi connectivity index (χ4n) is 1.16. The van der Waals surface area contributed by atoms with E-state index in [9.17, 15) is 8.42 Å². The van der Waals surface area contributed by atoms with Crippen molar-refractivity contribution in [2.45, 2.75) is 10.8 Å². The molecule has 1 aliphatic rings. The lowest BCUT2D eigenvalue weighted by Gasteiger charge is -2.13. The molecule has 0 fully saturated rings. The van der Waals surface area contributed by atoms with E-state index in [1.807, 2.05) is 0 Å². The molecule has 1 aromatic rings. The molecule has 1 aliphatic heterocycles. The average molecular weight is 219 g/mol. The highest BCUT2D eigenvalue weighted by Gasteiger charge is 2.17. The summed E-state index contributed by atoms with van der Waals surface area (Å²) in [7, 11) is -3.55. The molecule has 13 heavy (non-hydrogen) atoms. The van der Waals surface area contributed by atoms with Gasteiger partial charge in [0, 0.05) is 12.1 Å². The number of nitrogens with one attached hydrogen (secondary N) is 2. The second-order valence-electron chi connectivity index (χ2n) is 2.75. The van der Waals surface area contributed by atoms with Crippen molar-refractivity contribution in [3.8, 4) is 0 Å². The average Bonchev–Trinajstić information content (AvgIpc) is 2.45. The molecular formula is C6H9N3O2S2. The molecule has 0 saturated heterocycles. The highest BCUT2D eigenvalue weighted by Crippen LogP contribution is 2.31. The molecular weight excluding hydrogens is 210 g/mol. The minimum Gasteiger partial charge on any atom is -0.364 e. The summed E-state index contributed by atoms with van der Waals surface area (Å²) in [5.74, 6) is 0. The molecule has 5 nitrogen and oxygen atoms in total. The lowest BCUT2D eigenvalue weighted by Crippen LogP contribution is -2.26. The van der Waals surface area contributed by atoms with Crippen LogP contribution < -0.4 is 15.8 Å². The standard InChI is InChI=1S/C6H9N3O2S2/c7-13(10,11)5-1-4-2-8-3-9-6(4)12-5/h1,8-9H,2-3H2,(H2,7,10,11). The number of anilines is 1. The van der Waals surface area contributed by atoms with E-state index in [0.717, 1.165) is 10.6 Å². The SMILES string of the molecule is NS(=O)(=O)c1cc2c(s1)NCNC2. The highest BCUT2D eigenvalue weighted by atomic mass is 32.2. The number of hydrogen-bond donors (Lipinski definition) is 3. The van der Waals surface area contributed by atoms with Crippen LogP contribution in [0.2, 0.25) is 0 Å². The summed E-state index contributed by atoms with van der Waals surface area (Å²) >= 11 is 1.18. The van der Waals surface area contributed by atoms with Gasteiger partial charge in [0.25, 0.3) is 0 Å². The molecule has 0 amide bonds. The maximum atomic E-state index is 11.0. The maximum absolute atomic E-state index is 11.0. The van der Waals surface area contributed by atoms with Crippen molar-refractivity contribution in [2.75, 3.05) is 12.0 Å². The van der Waals surface area contributed by atoms with E-state index < -0.39 is 10.0 Å². The number of nitrogens with two attached hydrogens (primary N) is 1. The number of sulfonamides is 1. The van der Waals surface area contributed by atoms with Crippen LogP contribution in [-0.2, 0) is 16.6 Å². The largest absolute Gasteiger partial charge is 0.364 e. The molecule has 2 heterocycles. The number of hydrogen-bond acceptors (Lipinski definition) is 5. The van der Waals surface area contributed by atoms with Crippen molar-refractivity contribution in [3.63, 3.8) is 0 Å². The fourth-order valence-corrected chi connectivity index (χ4v) is 2.99. The number of rotatable bonds is 1. The Morgan fingerprint density at radius 3 is 2.92 bits per heavy atom. The Morgan fingerprint density at radius 1 is 1.54 bits per heavy atom. The Bertz CT molecular complexity index is 400. The van der Waals surface area contributed by atoms with Crippen LogP contribution in [-0.4, -0.2) is 15.1 Å². The smallest absolute Gasteiger partial charge is 0.247 e. The van der Waals surface area contributed by atoms with Gasteiger partial charge in [-0.1, -0.05) is 0 Å². The van der Waals surface area contributed by atoms with Crippen molar-refractivity contribution in [3.05, 3.63) is 11.6 Å². The van der Waals surface area contributed by atoms with Gasteiger partial charge in [-0.15, -0.1) is 11.3 Å². The van der Waals surface area contributed by atoms with Crippen molar-refractivity contribution >= 4 is 26.4 Å². The zero-order valence-electron chi connectivity index (χ0n) is 6.70. The van der Waals surface area contributed by atoms with Crippen LogP contribution in [0.15, 0.2) is 10.3 Å². The van der Waals surface area contributed by atoms with Crippen LogP contribution in [0.1, 0.15) is 5.56 Å². The Balaban J connectivity index is 2.47. The van der Waals surface area contributed by atoms with E-state index in [2.05, 4.69) is 10.6 Å². The lowest BCUT2D eigenvalue weighted by molar-refractivity contribution is 0.599. The second kappa shape index (κ2) is 2.95. The molecule has 0 aliphatic carbocycles. The number of fused-ring (bicyclic) bond motifs is 1. The zero-order valence-corrected chi connectivity index (χ0v) is 8.33. The van der Waals surface area contributed by atoms with Crippen molar-refractivity contribution in [2.24, 2.45) is 5.14 Å². The van der Waals surface area contributed by atoms with E-state index in [1.54, 1.807) is 6.07 Å². The van der Waals surface area contributed by atoms with Crippen LogP contribution in [0.3, 0.4) is 0 Å². The van der Waals surface area contributed by atoms with Gasteiger partial charge in [-0.2, -0.15) is 0 Å². The first-order valence-corrected chi connectivity index (χ1v) is 6.04. The molecule has 72 valence electrons. The zero-order chi connectivity index (χ0) is 9.47. The topological polar surface area (TPSA) is 84.2 Å².